The van der Waals surface area contributed by atoms with Crippen LogP contribution >= 0.6 is 0 Å². The first-order chi connectivity index (χ1) is 12.2. The number of aromatic hydroxyl groups is 1. The molecule has 0 fully saturated rings. The molecule has 26 heavy (non-hydrogen) atoms. The van der Waals surface area contributed by atoms with Crippen LogP contribution in [0.2, 0.25) is 0 Å². The molecule has 2 aliphatic rings. The first-order valence-corrected chi connectivity index (χ1v) is 8.48. The number of ketones is 1. The van der Waals surface area contributed by atoms with E-state index in [0.717, 1.165) is 5.56 Å². The van der Waals surface area contributed by atoms with Crippen LogP contribution in [-0.4, -0.2) is 32.8 Å². The maximum absolute atomic E-state index is 12.6. The number of Topliss-reactive ketones (excluding diaryl/α,β-unsaturated/α-hetero) is 1. The summed E-state index contributed by atoms with van der Waals surface area (Å²) >= 11 is 0. The number of rotatable bonds is 2. The van der Waals surface area contributed by atoms with Gasteiger partial charge in [-0.05, 0) is 37.6 Å². The molecule has 0 spiro atoms. The van der Waals surface area contributed by atoms with Crippen molar-refractivity contribution in [1.82, 2.24) is 0 Å². The molecular formula is C20H20O6. The van der Waals surface area contributed by atoms with Crippen molar-refractivity contribution in [1.29, 1.82) is 0 Å². The minimum absolute atomic E-state index is 0.0916. The number of fused-ring (bicyclic) bond motifs is 2. The molecule has 0 aliphatic carbocycles. The topological polar surface area (TPSA) is 96.2 Å². The highest BCUT2D eigenvalue weighted by Crippen LogP contribution is 2.46. The second-order valence-corrected chi connectivity index (χ2v) is 7.35. The monoisotopic (exact) mass is 356 g/mol. The summed E-state index contributed by atoms with van der Waals surface area (Å²) in [6.45, 7) is 3.13. The summed E-state index contributed by atoms with van der Waals surface area (Å²) in [5.41, 5.74) is 0.435. The fourth-order valence-corrected chi connectivity index (χ4v) is 3.47. The van der Waals surface area contributed by atoms with Crippen LogP contribution in [0, 0.1) is 0 Å². The Kier molecular flexibility index (Phi) is 3.71. The van der Waals surface area contributed by atoms with E-state index in [1.54, 1.807) is 50.2 Å². The van der Waals surface area contributed by atoms with Gasteiger partial charge in [-0.3, -0.25) is 4.79 Å². The van der Waals surface area contributed by atoms with Crippen LogP contribution in [0.5, 0.6) is 17.2 Å². The molecule has 2 heterocycles. The summed E-state index contributed by atoms with van der Waals surface area (Å²) < 4.78 is 11.7. The van der Waals surface area contributed by atoms with Crippen LogP contribution in [0.3, 0.4) is 0 Å². The van der Waals surface area contributed by atoms with Crippen molar-refractivity contribution in [2.75, 3.05) is 0 Å². The zero-order valence-electron chi connectivity index (χ0n) is 14.5. The van der Waals surface area contributed by atoms with Crippen LogP contribution in [0.15, 0.2) is 36.4 Å². The van der Waals surface area contributed by atoms with Crippen LogP contribution < -0.4 is 9.47 Å². The zero-order valence-corrected chi connectivity index (χ0v) is 14.5. The van der Waals surface area contributed by atoms with Crippen molar-refractivity contribution in [3.63, 3.8) is 0 Å². The van der Waals surface area contributed by atoms with Crippen molar-refractivity contribution in [2.45, 2.75) is 44.2 Å². The lowest BCUT2D eigenvalue weighted by molar-refractivity contribution is -0.0763. The number of carbonyl (C=O) groups is 1. The minimum Gasteiger partial charge on any atom is -0.508 e. The van der Waals surface area contributed by atoms with Gasteiger partial charge in [0.2, 0.25) is 0 Å². The highest BCUT2D eigenvalue weighted by molar-refractivity contribution is 6.00. The van der Waals surface area contributed by atoms with Crippen LogP contribution in [0.4, 0.5) is 0 Å². The van der Waals surface area contributed by atoms with Crippen molar-refractivity contribution < 1.29 is 29.6 Å². The molecule has 6 heteroatoms. The van der Waals surface area contributed by atoms with Crippen molar-refractivity contribution in [2.24, 2.45) is 0 Å². The highest BCUT2D eigenvalue weighted by Gasteiger charge is 2.44. The average Bonchev–Trinajstić information content (AvgIpc) is 2.90. The van der Waals surface area contributed by atoms with E-state index in [-0.39, 0.29) is 18.0 Å². The van der Waals surface area contributed by atoms with E-state index in [2.05, 4.69) is 0 Å². The maximum Gasteiger partial charge on any atom is 0.170 e. The van der Waals surface area contributed by atoms with E-state index < -0.39 is 23.9 Å². The SMILES string of the molecule is CC(C)(O)[C@@H]1Oc2cc3c(cc2[C@@H]1O)C(=O)C[C@@H](c1ccc(O)cc1)O3. The molecule has 4 rings (SSSR count). The molecule has 136 valence electrons. The second-order valence-electron chi connectivity index (χ2n) is 7.35. The number of hydrogen-bond donors (Lipinski definition) is 3. The predicted molar refractivity (Wildman–Crippen MR) is 92.5 cm³/mol. The number of benzene rings is 2. The molecule has 6 nitrogen and oxygen atoms in total. The minimum atomic E-state index is -1.24. The summed E-state index contributed by atoms with van der Waals surface area (Å²) in [5, 5.41) is 30.1. The molecule has 3 atom stereocenters. The number of hydrogen-bond acceptors (Lipinski definition) is 6. The lowest BCUT2D eigenvalue weighted by Gasteiger charge is -2.27. The highest BCUT2D eigenvalue weighted by atomic mass is 16.5. The largest absolute Gasteiger partial charge is 0.508 e. The first-order valence-electron chi connectivity index (χ1n) is 8.48. The summed E-state index contributed by atoms with van der Waals surface area (Å²) in [7, 11) is 0. The van der Waals surface area contributed by atoms with Crippen LogP contribution in [0.1, 0.15) is 54.0 Å². The van der Waals surface area contributed by atoms with Gasteiger partial charge < -0.3 is 24.8 Å². The molecule has 0 saturated carbocycles. The third-order valence-corrected chi connectivity index (χ3v) is 4.87. The fraction of sp³-hybridized carbons (Fsp3) is 0.350. The molecule has 2 aromatic rings. The molecule has 2 aliphatic heterocycles. The van der Waals surface area contributed by atoms with Gasteiger partial charge in [-0.1, -0.05) is 12.1 Å². The Labute approximate surface area is 150 Å². The van der Waals surface area contributed by atoms with Gasteiger partial charge in [-0.25, -0.2) is 0 Å². The van der Waals surface area contributed by atoms with Crippen LogP contribution in [-0.2, 0) is 0 Å². The summed E-state index contributed by atoms with van der Waals surface area (Å²) in [6.07, 6.45) is -2.12. The third kappa shape index (κ3) is 2.71. The Morgan fingerprint density at radius 1 is 1.08 bits per heavy atom. The van der Waals surface area contributed by atoms with Gasteiger partial charge in [-0.15, -0.1) is 0 Å². The molecule has 0 aromatic heterocycles. The lowest BCUT2D eigenvalue weighted by atomic mass is 9.91. The Morgan fingerprint density at radius 3 is 2.42 bits per heavy atom. The van der Waals surface area contributed by atoms with Crippen molar-refractivity contribution in [3.05, 3.63) is 53.1 Å². The van der Waals surface area contributed by atoms with E-state index in [4.69, 9.17) is 9.47 Å². The van der Waals surface area contributed by atoms with Gasteiger partial charge >= 0.3 is 0 Å². The lowest BCUT2D eigenvalue weighted by Crippen LogP contribution is -2.41. The Hall–Kier alpha value is -2.57. The molecular weight excluding hydrogens is 336 g/mol. The van der Waals surface area contributed by atoms with E-state index >= 15 is 0 Å². The van der Waals surface area contributed by atoms with Gasteiger partial charge in [0.25, 0.3) is 0 Å². The number of phenols is 1. The second kappa shape index (κ2) is 5.72. The fourth-order valence-electron chi connectivity index (χ4n) is 3.47. The van der Waals surface area contributed by atoms with Crippen LogP contribution in [0.25, 0.3) is 0 Å². The van der Waals surface area contributed by atoms with E-state index in [9.17, 15) is 20.1 Å². The molecule has 0 saturated heterocycles. The Bertz CT molecular complexity index is 865. The van der Waals surface area contributed by atoms with Crippen molar-refractivity contribution >= 4 is 5.78 Å². The Morgan fingerprint density at radius 2 is 1.77 bits per heavy atom. The van der Waals surface area contributed by atoms with E-state index in [1.807, 2.05) is 0 Å². The quantitative estimate of drug-likeness (QED) is 0.766. The molecule has 0 unspecified atom stereocenters. The average molecular weight is 356 g/mol. The maximum atomic E-state index is 12.6. The molecule has 0 radical (unpaired) electrons. The predicted octanol–water partition coefficient (Wildman–Crippen LogP) is 2.66. The summed E-state index contributed by atoms with van der Waals surface area (Å²) in [5.74, 6) is 0.851. The van der Waals surface area contributed by atoms with Crippen molar-refractivity contribution in [3.8, 4) is 17.2 Å². The molecule has 0 amide bonds. The molecule has 3 N–H and O–H groups in total. The molecule has 2 aromatic carbocycles. The van der Waals surface area contributed by atoms with Gasteiger partial charge in [0, 0.05) is 11.6 Å². The number of aliphatic hydroxyl groups excluding tert-OH is 1. The van der Waals surface area contributed by atoms with E-state index in [0.29, 0.717) is 22.6 Å². The first kappa shape index (κ1) is 16.9. The smallest absolute Gasteiger partial charge is 0.170 e. The standard InChI is InChI=1S/C20H20O6/c1-20(2,24)19-18(23)13-7-12-14(22)8-15(10-3-5-11(21)6-4-10)25-16(12)9-17(13)26-19/h3-7,9,15,18-19,21,23-24H,8H2,1-2H3/t15-,18-,19+/m0/s1. The van der Waals surface area contributed by atoms with Gasteiger partial charge in [0.15, 0.2) is 11.9 Å². The summed E-state index contributed by atoms with van der Waals surface area (Å²) in [4.78, 5) is 12.6. The molecule has 0 bridgehead atoms. The number of carbonyl (C=O) groups excluding carboxylic acids is 1. The third-order valence-electron chi connectivity index (χ3n) is 4.87. The normalized spacial score (nSPS) is 24.5. The number of phenolic OH excluding ortho intramolecular Hbond substituents is 1. The number of ether oxygens (including phenoxy) is 2. The van der Waals surface area contributed by atoms with Gasteiger partial charge in [0.1, 0.15) is 29.5 Å². The van der Waals surface area contributed by atoms with Gasteiger partial charge in [0.05, 0.1) is 17.6 Å². The number of aliphatic hydroxyl groups is 2. The van der Waals surface area contributed by atoms with E-state index in [1.165, 1.54) is 0 Å². The van der Waals surface area contributed by atoms with Gasteiger partial charge in [-0.2, -0.15) is 0 Å². The zero-order chi connectivity index (χ0) is 18.6. The summed E-state index contributed by atoms with van der Waals surface area (Å²) in [6, 6.07) is 9.73. The Balaban J connectivity index is 1.68.